The van der Waals surface area contributed by atoms with Gasteiger partial charge in [0.15, 0.2) is 0 Å². The summed E-state index contributed by atoms with van der Waals surface area (Å²) in [6.45, 7) is 1.47. The molecule has 5 rings (SSSR count). The largest absolute Gasteiger partial charge is 0.311 e. The number of hydrogen-bond donors (Lipinski definition) is 2. The van der Waals surface area contributed by atoms with E-state index in [2.05, 4.69) is 62.5 Å². The molecule has 2 N–H and O–H groups in total. The molecule has 0 unspecified atom stereocenters. The summed E-state index contributed by atoms with van der Waals surface area (Å²) in [4.78, 5) is 8.53. The molecule has 0 saturated carbocycles. The van der Waals surface area contributed by atoms with Crippen LogP contribution in [0.1, 0.15) is 5.56 Å². The lowest BCUT2D eigenvalue weighted by molar-refractivity contribution is 0.577. The molecule has 0 aliphatic heterocycles. The second kappa shape index (κ2) is 9.69. The van der Waals surface area contributed by atoms with Crippen molar-refractivity contribution < 1.29 is 8.42 Å². The molecule has 0 aliphatic carbocycles. The summed E-state index contributed by atoms with van der Waals surface area (Å²) in [7, 11) is -3.61. The third-order valence-electron chi connectivity index (χ3n) is 5.75. The Labute approximate surface area is 198 Å². The van der Waals surface area contributed by atoms with Gasteiger partial charge in [-0.3, -0.25) is 9.97 Å². The Morgan fingerprint density at radius 3 is 2.44 bits per heavy atom. The molecule has 7 heteroatoms. The summed E-state index contributed by atoms with van der Waals surface area (Å²) >= 11 is 0. The average molecular weight is 469 g/mol. The van der Waals surface area contributed by atoms with Crippen molar-refractivity contribution in [1.82, 2.24) is 20.0 Å². The first-order valence-electron chi connectivity index (χ1n) is 11.1. The van der Waals surface area contributed by atoms with Gasteiger partial charge in [-0.2, -0.15) is 0 Å². The quantitative estimate of drug-likeness (QED) is 0.327. The lowest BCUT2D eigenvalue weighted by atomic mass is 10.0. The predicted molar refractivity (Wildman–Crippen MR) is 136 cm³/mol. The van der Waals surface area contributed by atoms with Gasteiger partial charge >= 0.3 is 0 Å². The van der Waals surface area contributed by atoms with Crippen LogP contribution in [-0.4, -0.2) is 31.5 Å². The van der Waals surface area contributed by atoms with Crippen molar-refractivity contribution in [2.45, 2.75) is 11.4 Å². The van der Waals surface area contributed by atoms with Crippen LogP contribution in [0.25, 0.3) is 32.7 Å². The van der Waals surface area contributed by atoms with Crippen LogP contribution in [0.4, 0.5) is 0 Å². The predicted octanol–water partition coefficient (Wildman–Crippen LogP) is 4.52. The first kappa shape index (κ1) is 22.2. The monoisotopic (exact) mass is 468 g/mol. The molecule has 0 saturated heterocycles. The molecule has 0 fully saturated rings. The standard InChI is InChI=1S/C27H24N4O2S/c32-34(33,27-5-1-3-25-19-29-12-10-26(25)27)31-14-13-30-17-20-6-7-22-16-23(9-8-21(22)15-20)24-4-2-11-28-18-24/h1-12,15-16,18-19,30-31H,13-14,17H2. The molecular weight excluding hydrogens is 444 g/mol. The maximum atomic E-state index is 12.8. The third kappa shape index (κ3) is 4.82. The highest BCUT2D eigenvalue weighted by Crippen LogP contribution is 2.25. The number of benzene rings is 3. The molecule has 2 heterocycles. The van der Waals surface area contributed by atoms with Crippen LogP contribution < -0.4 is 10.0 Å². The summed E-state index contributed by atoms with van der Waals surface area (Å²) in [6, 6.07) is 23.7. The molecule has 2 aromatic heterocycles. The van der Waals surface area contributed by atoms with Gasteiger partial charge in [-0.25, -0.2) is 13.1 Å². The molecule has 0 spiro atoms. The average Bonchev–Trinajstić information content (AvgIpc) is 2.88. The number of hydrogen-bond acceptors (Lipinski definition) is 5. The molecule has 0 radical (unpaired) electrons. The van der Waals surface area contributed by atoms with Crippen molar-refractivity contribution in [2.75, 3.05) is 13.1 Å². The number of nitrogens with zero attached hydrogens (tertiary/aromatic N) is 2. The number of sulfonamides is 1. The Balaban J connectivity index is 1.18. The van der Waals surface area contributed by atoms with Crippen LogP contribution in [-0.2, 0) is 16.6 Å². The number of rotatable bonds is 8. The number of aromatic nitrogens is 2. The topological polar surface area (TPSA) is 84.0 Å². The second-order valence-corrected chi connectivity index (χ2v) is 9.80. The van der Waals surface area contributed by atoms with Gasteiger partial charge in [0, 0.05) is 60.8 Å². The molecule has 0 atom stereocenters. The normalized spacial score (nSPS) is 11.8. The SMILES string of the molecule is O=S(=O)(NCCNCc1ccc2cc(-c3cccnc3)ccc2c1)c1cccc2cnccc12. The molecule has 0 amide bonds. The van der Waals surface area contributed by atoms with E-state index in [1.807, 2.05) is 18.3 Å². The zero-order valence-electron chi connectivity index (χ0n) is 18.5. The van der Waals surface area contributed by atoms with Crippen molar-refractivity contribution in [3.63, 3.8) is 0 Å². The Morgan fingerprint density at radius 2 is 1.56 bits per heavy atom. The summed E-state index contributed by atoms with van der Waals surface area (Å²) in [6.07, 6.45) is 6.91. The Morgan fingerprint density at radius 1 is 0.706 bits per heavy atom. The van der Waals surface area contributed by atoms with Gasteiger partial charge in [-0.15, -0.1) is 0 Å². The third-order valence-corrected chi connectivity index (χ3v) is 7.27. The van der Waals surface area contributed by atoms with E-state index in [0.717, 1.165) is 27.5 Å². The fraction of sp³-hybridized carbons (Fsp3) is 0.111. The van der Waals surface area contributed by atoms with Crippen molar-refractivity contribution >= 4 is 31.6 Å². The lowest BCUT2D eigenvalue weighted by Crippen LogP contribution is -2.31. The summed E-state index contributed by atoms with van der Waals surface area (Å²) < 4.78 is 28.3. The van der Waals surface area contributed by atoms with Crippen molar-refractivity contribution in [1.29, 1.82) is 0 Å². The van der Waals surface area contributed by atoms with Gasteiger partial charge in [0.2, 0.25) is 10.0 Å². The highest BCUT2D eigenvalue weighted by molar-refractivity contribution is 7.89. The zero-order chi connectivity index (χ0) is 23.4. The van der Waals surface area contributed by atoms with Crippen LogP contribution in [0, 0.1) is 0 Å². The van der Waals surface area contributed by atoms with E-state index in [1.54, 1.807) is 36.8 Å². The number of pyridine rings is 2. The van der Waals surface area contributed by atoms with Gasteiger partial charge in [-0.05, 0) is 52.2 Å². The van der Waals surface area contributed by atoms with Gasteiger partial charge < -0.3 is 5.32 Å². The fourth-order valence-electron chi connectivity index (χ4n) is 4.03. The smallest absolute Gasteiger partial charge is 0.241 e. The van der Waals surface area contributed by atoms with E-state index in [-0.39, 0.29) is 4.90 Å². The van der Waals surface area contributed by atoms with E-state index in [4.69, 9.17) is 0 Å². The van der Waals surface area contributed by atoms with Gasteiger partial charge in [0.1, 0.15) is 0 Å². The molecule has 3 aromatic carbocycles. The van der Waals surface area contributed by atoms with Crippen molar-refractivity contribution in [3.05, 3.63) is 103 Å². The maximum Gasteiger partial charge on any atom is 0.241 e. The van der Waals surface area contributed by atoms with Crippen LogP contribution in [0.5, 0.6) is 0 Å². The second-order valence-electron chi connectivity index (χ2n) is 8.07. The first-order valence-corrected chi connectivity index (χ1v) is 12.5. The van der Waals surface area contributed by atoms with Gasteiger partial charge in [0.25, 0.3) is 0 Å². The lowest BCUT2D eigenvalue weighted by Gasteiger charge is -2.11. The Hall–Kier alpha value is -3.65. The van der Waals surface area contributed by atoms with E-state index in [0.29, 0.717) is 25.0 Å². The maximum absolute atomic E-state index is 12.8. The minimum absolute atomic E-state index is 0.271. The molecule has 170 valence electrons. The molecule has 0 bridgehead atoms. The van der Waals surface area contributed by atoms with Crippen LogP contribution >= 0.6 is 0 Å². The Kier molecular flexibility index (Phi) is 6.31. The van der Waals surface area contributed by atoms with Crippen molar-refractivity contribution in [3.8, 4) is 11.1 Å². The molecule has 5 aromatic rings. The first-order chi connectivity index (χ1) is 16.6. The zero-order valence-corrected chi connectivity index (χ0v) is 19.3. The van der Waals surface area contributed by atoms with Crippen LogP contribution in [0.3, 0.4) is 0 Å². The Bertz CT molecular complexity index is 1550. The van der Waals surface area contributed by atoms with Crippen LogP contribution in [0.15, 0.2) is 102 Å². The number of nitrogens with one attached hydrogen (secondary N) is 2. The fourth-order valence-corrected chi connectivity index (χ4v) is 5.29. The van der Waals surface area contributed by atoms with E-state index >= 15 is 0 Å². The van der Waals surface area contributed by atoms with Gasteiger partial charge in [0.05, 0.1) is 4.90 Å². The molecular formula is C27H24N4O2S. The molecule has 6 nitrogen and oxygen atoms in total. The molecule has 0 aliphatic rings. The summed E-state index contributed by atoms with van der Waals surface area (Å²) in [5, 5.41) is 7.12. The molecule has 34 heavy (non-hydrogen) atoms. The summed E-state index contributed by atoms with van der Waals surface area (Å²) in [5.41, 5.74) is 3.38. The van der Waals surface area contributed by atoms with E-state index in [9.17, 15) is 8.42 Å². The van der Waals surface area contributed by atoms with Crippen molar-refractivity contribution in [2.24, 2.45) is 0 Å². The number of fused-ring (bicyclic) bond motifs is 2. The van der Waals surface area contributed by atoms with Crippen LogP contribution in [0.2, 0.25) is 0 Å². The highest BCUT2D eigenvalue weighted by Gasteiger charge is 2.16. The van der Waals surface area contributed by atoms with E-state index in [1.165, 1.54) is 5.39 Å². The minimum atomic E-state index is -3.61. The summed E-state index contributed by atoms with van der Waals surface area (Å²) in [5.74, 6) is 0. The highest BCUT2D eigenvalue weighted by atomic mass is 32.2. The van der Waals surface area contributed by atoms with E-state index < -0.39 is 10.0 Å². The minimum Gasteiger partial charge on any atom is -0.311 e. The van der Waals surface area contributed by atoms with Gasteiger partial charge in [-0.1, -0.05) is 42.5 Å².